The van der Waals surface area contributed by atoms with E-state index in [1.807, 2.05) is 18.2 Å². The standard InChI is InChI=1S/C22H26N2OS/c1-14(2)19-16(12-23)21(26-13-15-8-6-5-7-9-15)24-17-10-22(3,4)11-18(25)20(17)19/h5-9,14,19,24H,10-11,13H2,1-4H3. The quantitative estimate of drug-likeness (QED) is 0.798. The first-order valence-corrected chi connectivity index (χ1v) is 10.1. The van der Waals surface area contributed by atoms with E-state index in [0.717, 1.165) is 28.5 Å². The largest absolute Gasteiger partial charge is 0.352 e. The molecule has 1 atom stereocenters. The highest BCUT2D eigenvalue weighted by Crippen LogP contribution is 2.46. The van der Waals surface area contributed by atoms with Crippen LogP contribution in [0.3, 0.4) is 0 Å². The molecule has 0 bridgehead atoms. The van der Waals surface area contributed by atoms with Gasteiger partial charge in [0.05, 0.1) is 16.7 Å². The number of hydrogen-bond donors (Lipinski definition) is 1. The molecule has 1 heterocycles. The van der Waals surface area contributed by atoms with Crippen molar-refractivity contribution in [3.63, 3.8) is 0 Å². The number of benzene rings is 1. The van der Waals surface area contributed by atoms with Gasteiger partial charge in [0.2, 0.25) is 0 Å². The third kappa shape index (κ3) is 3.73. The first-order valence-electron chi connectivity index (χ1n) is 9.16. The van der Waals surface area contributed by atoms with E-state index in [9.17, 15) is 10.1 Å². The number of nitrogens with one attached hydrogen (secondary N) is 1. The predicted octanol–water partition coefficient (Wildman–Crippen LogP) is 5.17. The molecule has 0 aromatic heterocycles. The Balaban J connectivity index is 1.95. The van der Waals surface area contributed by atoms with Gasteiger partial charge in [-0.15, -0.1) is 11.8 Å². The average molecular weight is 367 g/mol. The Morgan fingerprint density at radius 1 is 1.27 bits per heavy atom. The highest BCUT2D eigenvalue weighted by Gasteiger charge is 2.42. The van der Waals surface area contributed by atoms with Gasteiger partial charge >= 0.3 is 0 Å². The SMILES string of the molecule is CC(C)C1C(C#N)=C(SCc2ccccc2)NC2=C1C(=O)CC(C)(C)C2. The van der Waals surface area contributed by atoms with Crippen LogP contribution in [0.2, 0.25) is 0 Å². The fourth-order valence-electron chi connectivity index (χ4n) is 3.93. The van der Waals surface area contributed by atoms with Crippen molar-refractivity contribution in [3.8, 4) is 6.07 Å². The van der Waals surface area contributed by atoms with Crippen LogP contribution in [0.1, 0.15) is 46.1 Å². The van der Waals surface area contributed by atoms with Crippen molar-refractivity contribution in [2.75, 3.05) is 0 Å². The third-order valence-electron chi connectivity index (χ3n) is 5.06. The number of hydrogen-bond acceptors (Lipinski definition) is 4. The summed E-state index contributed by atoms with van der Waals surface area (Å²) in [5.74, 6) is 1.12. The van der Waals surface area contributed by atoms with Crippen LogP contribution in [0, 0.1) is 28.6 Å². The maximum Gasteiger partial charge on any atom is 0.161 e. The van der Waals surface area contributed by atoms with E-state index in [0.29, 0.717) is 12.0 Å². The smallest absolute Gasteiger partial charge is 0.161 e. The molecule has 0 radical (unpaired) electrons. The number of Topliss-reactive ketones (excluding diaryl/α,β-unsaturated/α-hetero) is 1. The van der Waals surface area contributed by atoms with Gasteiger partial charge in [-0.1, -0.05) is 58.0 Å². The summed E-state index contributed by atoms with van der Waals surface area (Å²) < 4.78 is 0. The molecule has 0 fully saturated rings. The molecule has 2 aliphatic rings. The van der Waals surface area contributed by atoms with E-state index in [1.165, 1.54) is 5.56 Å². The lowest BCUT2D eigenvalue weighted by molar-refractivity contribution is -0.118. The van der Waals surface area contributed by atoms with Gasteiger partial charge in [-0.3, -0.25) is 4.79 Å². The van der Waals surface area contributed by atoms with Crippen LogP contribution < -0.4 is 5.32 Å². The average Bonchev–Trinajstić information content (AvgIpc) is 2.58. The summed E-state index contributed by atoms with van der Waals surface area (Å²) in [5.41, 5.74) is 3.78. The predicted molar refractivity (Wildman–Crippen MR) is 107 cm³/mol. The Hall–Kier alpha value is -1.99. The van der Waals surface area contributed by atoms with Crippen LogP contribution >= 0.6 is 11.8 Å². The number of dihydropyridines is 1. The van der Waals surface area contributed by atoms with Gasteiger partial charge in [-0.2, -0.15) is 5.26 Å². The van der Waals surface area contributed by atoms with E-state index >= 15 is 0 Å². The van der Waals surface area contributed by atoms with E-state index in [2.05, 4.69) is 51.2 Å². The number of rotatable bonds is 4. The number of carbonyl (C=O) groups excluding carboxylic acids is 1. The summed E-state index contributed by atoms with van der Waals surface area (Å²) in [6.07, 6.45) is 1.41. The molecule has 0 saturated carbocycles. The Morgan fingerprint density at radius 3 is 2.58 bits per heavy atom. The minimum Gasteiger partial charge on any atom is -0.352 e. The molecule has 3 rings (SSSR count). The molecule has 0 saturated heterocycles. The highest BCUT2D eigenvalue weighted by molar-refractivity contribution is 8.02. The van der Waals surface area contributed by atoms with Crippen LogP contribution in [-0.2, 0) is 10.5 Å². The molecule has 1 aromatic rings. The second kappa shape index (κ2) is 7.32. The number of nitriles is 1. The second-order valence-corrected chi connectivity index (χ2v) is 9.29. The molecule has 1 aliphatic heterocycles. The monoisotopic (exact) mass is 366 g/mol. The molecule has 0 spiro atoms. The Labute approximate surface area is 160 Å². The Morgan fingerprint density at radius 2 is 1.96 bits per heavy atom. The van der Waals surface area contributed by atoms with E-state index < -0.39 is 0 Å². The van der Waals surface area contributed by atoms with Crippen LogP contribution in [0.4, 0.5) is 0 Å². The molecule has 26 heavy (non-hydrogen) atoms. The van der Waals surface area contributed by atoms with E-state index in [1.54, 1.807) is 11.8 Å². The van der Waals surface area contributed by atoms with Crippen molar-refractivity contribution in [2.45, 2.75) is 46.3 Å². The normalized spacial score (nSPS) is 22.2. The summed E-state index contributed by atoms with van der Waals surface area (Å²) in [4.78, 5) is 12.9. The van der Waals surface area contributed by atoms with Crippen LogP contribution in [0.5, 0.6) is 0 Å². The van der Waals surface area contributed by atoms with Crippen LogP contribution in [0.15, 0.2) is 52.2 Å². The number of carbonyl (C=O) groups is 1. The molecule has 1 aliphatic carbocycles. The number of allylic oxidation sites excluding steroid dienone is 3. The van der Waals surface area contributed by atoms with Gasteiger partial charge in [0.25, 0.3) is 0 Å². The molecule has 1 unspecified atom stereocenters. The molecule has 0 amide bonds. The molecular formula is C22H26N2OS. The minimum atomic E-state index is -0.0990. The topological polar surface area (TPSA) is 52.9 Å². The van der Waals surface area contributed by atoms with Crippen molar-refractivity contribution in [1.29, 1.82) is 5.26 Å². The van der Waals surface area contributed by atoms with Crippen molar-refractivity contribution in [2.24, 2.45) is 17.3 Å². The first-order chi connectivity index (χ1) is 12.3. The van der Waals surface area contributed by atoms with Crippen molar-refractivity contribution in [3.05, 3.63) is 57.8 Å². The fraction of sp³-hybridized carbons (Fsp3) is 0.455. The minimum absolute atomic E-state index is 0.0379. The van der Waals surface area contributed by atoms with Crippen LogP contribution in [0.25, 0.3) is 0 Å². The molecule has 1 aromatic carbocycles. The zero-order valence-electron chi connectivity index (χ0n) is 15.9. The maximum absolute atomic E-state index is 12.9. The molecule has 1 N–H and O–H groups in total. The Kier molecular flexibility index (Phi) is 5.29. The Bertz CT molecular complexity index is 812. The van der Waals surface area contributed by atoms with E-state index in [-0.39, 0.29) is 23.0 Å². The summed E-state index contributed by atoms with van der Waals surface area (Å²) in [6, 6.07) is 12.7. The molecular weight excluding hydrogens is 340 g/mol. The van der Waals surface area contributed by atoms with Crippen LogP contribution in [-0.4, -0.2) is 5.78 Å². The van der Waals surface area contributed by atoms with E-state index in [4.69, 9.17) is 0 Å². The molecule has 4 heteroatoms. The summed E-state index contributed by atoms with van der Waals surface area (Å²) in [5, 5.41) is 14.3. The zero-order chi connectivity index (χ0) is 18.9. The highest BCUT2D eigenvalue weighted by atomic mass is 32.2. The lowest BCUT2D eigenvalue weighted by Crippen LogP contribution is -2.39. The molecule has 3 nitrogen and oxygen atoms in total. The van der Waals surface area contributed by atoms with Gasteiger partial charge in [0.1, 0.15) is 0 Å². The van der Waals surface area contributed by atoms with Gasteiger partial charge in [0.15, 0.2) is 5.78 Å². The van der Waals surface area contributed by atoms with Crippen molar-refractivity contribution in [1.82, 2.24) is 5.32 Å². The van der Waals surface area contributed by atoms with Crippen molar-refractivity contribution >= 4 is 17.5 Å². The lowest BCUT2D eigenvalue weighted by Gasteiger charge is -2.40. The lowest BCUT2D eigenvalue weighted by atomic mass is 9.68. The van der Waals surface area contributed by atoms with Gasteiger partial charge in [0, 0.05) is 29.4 Å². The van der Waals surface area contributed by atoms with Crippen molar-refractivity contribution < 1.29 is 4.79 Å². The molecule has 136 valence electrons. The number of ketones is 1. The number of thioether (sulfide) groups is 1. The summed E-state index contributed by atoms with van der Waals surface area (Å²) in [6.45, 7) is 8.48. The second-order valence-electron chi connectivity index (χ2n) is 8.31. The summed E-state index contributed by atoms with van der Waals surface area (Å²) in [7, 11) is 0. The van der Waals surface area contributed by atoms with Gasteiger partial charge < -0.3 is 5.32 Å². The fourth-order valence-corrected chi connectivity index (χ4v) is 4.95. The zero-order valence-corrected chi connectivity index (χ0v) is 16.7. The summed E-state index contributed by atoms with van der Waals surface area (Å²) >= 11 is 1.66. The van der Waals surface area contributed by atoms with Gasteiger partial charge in [-0.05, 0) is 23.3 Å². The number of nitrogens with zero attached hydrogens (tertiary/aromatic N) is 1. The first kappa shape index (κ1) is 18.8. The third-order valence-corrected chi connectivity index (χ3v) is 6.15. The maximum atomic E-state index is 12.9. The van der Waals surface area contributed by atoms with Gasteiger partial charge in [-0.25, -0.2) is 0 Å².